The van der Waals surface area contributed by atoms with Gasteiger partial charge < -0.3 is 77.1 Å². The number of allylic oxidation sites excluding steroid dienone is 6. The summed E-state index contributed by atoms with van der Waals surface area (Å²) in [6.07, 6.45) is 25.3. The van der Waals surface area contributed by atoms with Gasteiger partial charge in [-0.2, -0.15) is 0 Å². The first-order chi connectivity index (χ1) is 66.8. The van der Waals surface area contributed by atoms with Crippen LogP contribution in [0.4, 0.5) is 51.2 Å². The fraction of sp³-hybridized carbons (Fsp3) is 0.250. The van der Waals surface area contributed by atoms with Crippen molar-refractivity contribution in [3.8, 4) is 0 Å². The second-order valence-electron chi connectivity index (χ2n) is 38.8. The number of benzene rings is 14. The standard InChI is InChI=1S/C44H40B2N4O2.C36H36B2N4O2.C32H32B2N4O2/c1-3-5-9-27-15-21-31(22-16-27)45-47-35-13-7-11-29-19-25-33(41(49-45)37(29)35)39-43(51)40(44(39)52)34-26-20-30-12-8-14-36-38(30)42(34)50-46(48-36)32-23-17-28(18-24-32)10-6-4-2;43-35-31(25-19-17-21-9-7-15-27-29(21)33(25)41-37(39-27)23-11-3-1-4-12-23)36(44)32(35)26-20-18-22-10-8-16-28-30(22)34(26)42-38(40-28)24-13-5-2-6-14-24;1-3-5-17-33-35-23-11-7-9-19-13-15-21(29(37-33)25(19)23)27-31(39)28(32(27)40)22-16-14-20-10-8-12-24-26(20)30(22)38-34(36-24)18-6-4-2/h7-8,11-26,47-49,51H,3-6,9-10H2,1-2H3;7-10,15-20,23-24,39-41,43H,1-6,11-14H2;7-16,35-37,39H,3-6,17-18H2,1-2H3. The molecule has 6 aliphatic heterocycles. The molecular formula is C112H108B6N12O6. The van der Waals surface area contributed by atoms with Gasteiger partial charge in [0.25, 0.3) is 0 Å². The van der Waals surface area contributed by atoms with Crippen LogP contribution in [0.2, 0.25) is 24.3 Å². The van der Waals surface area contributed by atoms with Crippen LogP contribution in [0.25, 0.3) is 98.1 Å². The number of ketones is 3. The first-order valence-corrected chi connectivity index (χ1v) is 49.9. The molecule has 6 heterocycles. The molecular weight excluding hydrogens is 1670 g/mol. The molecule has 0 spiro atoms. The van der Waals surface area contributed by atoms with Gasteiger partial charge in [-0.05, 0) is 141 Å². The number of hydrogen-bond acceptors (Lipinski definition) is 18. The third kappa shape index (κ3) is 15.0. The zero-order valence-corrected chi connectivity index (χ0v) is 77.5. The molecule has 0 bridgehead atoms. The summed E-state index contributed by atoms with van der Waals surface area (Å²) >= 11 is 0. The molecule has 14 aromatic rings. The molecule has 14 aromatic carbocycles. The minimum absolute atomic E-state index is 0.00822. The topological polar surface area (TPSA) is 257 Å². The van der Waals surface area contributed by atoms with E-state index in [0.29, 0.717) is 61.1 Å². The number of unbranched alkanes of at least 4 members (excludes halogenated alkanes) is 4. The summed E-state index contributed by atoms with van der Waals surface area (Å²) in [6, 6.07) is 78.8. The largest absolute Gasteiger partial charge is 0.506 e. The fourth-order valence-corrected chi connectivity index (χ4v) is 23.1. The summed E-state index contributed by atoms with van der Waals surface area (Å²) in [6.45, 7) is 8.36. The van der Waals surface area contributed by atoms with Crippen LogP contribution in [0.5, 0.6) is 0 Å². The third-order valence-electron chi connectivity index (χ3n) is 30.3. The van der Waals surface area contributed by atoms with Crippen molar-refractivity contribution in [1.82, 2.24) is 0 Å². The Morgan fingerprint density at radius 1 is 0.316 bits per heavy atom. The van der Waals surface area contributed by atoms with Gasteiger partial charge in [-0.25, -0.2) is 0 Å². The summed E-state index contributed by atoms with van der Waals surface area (Å²) in [5.74, 6) is 0.705. The zero-order chi connectivity index (χ0) is 92.1. The van der Waals surface area contributed by atoms with E-state index in [1.807, 2.05) is 78.9 Å². The van der Waals surface area contributed by atoms with Crippen molar-refractivity contribution >= 4 is 219 Å². The van der Waals surface area contributed by atoms with Gasteiger partial charge in [0.1, 0.15) is 17.3 Å². The number of anilines is 9. The predicted octanol–water partition coefficient (Wildman–Crippen LogP) is 20.4. The molecule has 0 unspecified atom stereocenters. The molecule has 18 nitrogen and oxygen atoms in total. The van der Waals surface area contributed by atoms with E-state index in [-0.39, 0.29) is 76.5 Å². The normalized spacial score (nSPS) is 17.9. The molecule has 0 saturated heterocycles. The number of aliphatic hydroxyl groups is 3. The lowest BCUT2D eigenvalue weighted by atomic mass is 9.55. The maximum absolute atomic E-state index is 14.4. The summed E-state index contributed by atoms with van der Waals surface area (Å²) in [5.41, 5.74) is 18.1. The highest BCUT2D eigenvalue weighted by Crippen LogP contribution is 2.51. The lowest BCUT2D eigenvalue weighted by Gasteiger charge is -2.35. The molecule has 136 heavy (non-hydrogen) atoms. The maximum atomic E-state index is 14.4. The van der Waals surface area contributed by atoms with Crippen LogP contribution in [-0.4, -0.2) is 74.6 Å². The van der Waals surface area contributed by atoms with Gasteiger partial charge >= 0.3 is 41.9 Å². The SMILES string of the molecule is CCCCB1N=c2c(=C3C(=O)C(c4ccc5cccc6c5c4NB(CCCC)N6)=C3O)ccc3cccc(c23)N1.CCCCc1ccc(B2N=c3c(=C4C(=O)C(c5ccc6cccc7c6c5NB(c5ccc(CCCC)cc5)N7)=C4O)ccc4cccc(c34)N2)cc1.O=C1C(c2ccc3cccc4c3c2NB(C2CCCCC2)N4)=C(O)C1=c1ccc2cccc3c2c1=NB(C1CCCCC1)N3. The summed E-state index contributed by atoms with van der Waals surface area (Å²) in [4.78, 5) is 58.1. The molecule has 2 fully saturated rings. The van der Waals surface area contributed by atoms with Crippen LogP contribution in [0.1, 0.15) is 171 Å². The minimum atomic E-state index is -0.321. The highest BCUT2D eigenvalue weighted by molar-refractivity contribution is 6.80. The summed E-state index contributed by atoms with van der Waals surface area (Å²) in [5, 5.41) is 85.4. The molecule has 0 aromatic heterocycles. The lowest BCUT2D eigenvalue weighted by molar-refractivity contribution is -0.110. The zero-order valence-electron chi connectivity index (χ0n) is 77.5. The highest BCUT2D eigenvalue weighted by atomic mass is 16.3. The number of carbonyl (C=O) groups is 3. The van der Waals surface area contributed by atoms with Crippen LogP contribution in [0, 0.1) is 0 Å². The van der Waals surface area contributed by atoms with Crippen LogP contribution in [0.15, 0.2) is 263 Å². The summed E-state index contributed by atoms with van der Waals surface area (Å²) in [7, 11) is 0. The second kappa shape index (κ2) is 35.9. The monoisotopic (exact) mass is 1780 g/mol. The molecule has 0 amide bonds. The van der Waals surface area contributed by atoms with E-state index in [1.165, 1.54) is 75.3 Å². The fourth-order valence-electron chi connectivity index (χ4n) is 23.1. The second-order valence-corrected chi connectivity index (χ2v) is 38.8. The van der Waals surface area contributed by atoms with Crippen molar-refractivity contribution in [2.45, 2.75) is 180 Å². The van der Waals surface area contributed by atoms with Crippen molar-refractivity contribution in [3.63, 3.8) is 0 Å². The van der Waals surface area contributed by atoms with Crippen molar-refractivity contribution in [3.05, 3.63) is 307 Å². The molecule has 24 heteroatoms. The molecule has 0 radical (unpaired) electrons. The Bertz CT molecular complexity index is 7910. The van der Waals surface area contributed by atoms with Crippen molar-refractivity contribution in [1.29, 1.82) is 0 Å². The van der Waals surface area contributed by atoms with E-state index < -0.39 is 0 Å². The number of aryl methyl sites for hydroxylation is 2. The lowest BCUT2D eigenvalue weighted by Crippen LogP contribution is -2.48. The predicted molar refractivity (Wildman–Crippen MR) is 570 cm³/mol. The quantitative estimate of drug-likeness (QED) is 0.0336. The number of rotatable bonds is 19. The molecule has 12 N–H and O–H groups in total. The number of aliphatic hydroxyl groups excluding tert-OH is 3. The Labute approximate surface area is 793 Å². The Hall–Kier alpha value is -14.1. The molecule has 670 valence electrons. The van der Waals surface area contributed by atoms with Gasteiger partial charge in [-0.1, -0.05) is 325 Å². The maximum Gasteiger partial charge on any atom is 0.427 e. The summed E-state index contributed by atoms with van der Waals surface area (Å²) < 4.78 is 0. The molecule has 0 atom stereocenters. The van der Waals surface area contributed by atoms with E-state index in [1.54, 1.807) is 0 Å². The van der Waals surface area contributed by atoms with Crippen LogP contribution < -0.4 is 89.7 Å². The Morgan fingerprint density at radius 2 is 0.699 bits per heavy atom. The van der Waals surface area contributed by atoms with Gasteiger partial charge in [0.15, 0.2) is 0 Å². The Morgan fingerprint density at radius 3 is 1.17 bits per heavy atom. The van der Waals surface area contributed by atoms with E-state index in [2.05, 4.69) is 226 Å². The average molecular weight is 1780 g/mol. The van der Waals surface area contributed by atoms with Gasteiger partial charge in [0.05, 0.1) is 49.5 Å². The van der Waals surface area contributed by atoms with Crippen LogP contribution >= 0.6 is 0 Å². The van der Waals surface area contributed by atoms with E-state index in [0.717, 1.165) is 236 Å². The number of carbonyl (C=O) groups excluding carboxylic acids is 3. The number of nitrogens with one attached hydrogen (secondary N) is 9. The Kier molecular flexibility index (Phi) is 22.7. The first kappa shape index (κ1) is 86.0. The first-order valence-electron chi connectivity index (χ1n) is 49.9. The van der Waals surface area contributed by atoms with E-state index >= 15 is 0 Å². The van der Waals surface area contributed by atoms with Crippen LogP contribution in [-0.2, 0) is 27.2 Å². The van der Waals surface area contributed by atoms with Crippen LogP contribution in [0.3, 0.4) is 0 Å². The number of Topliss-reactive ketones (excluding diaryl/α,β-unsaturated/α-hetero) is 3. The Balaban J connectivity index is 0.000000116. The molecule has 11 aliphatic rings. The van der Waals surface area contributed by atoms with Crippen molar-refractivity contribution in [2.75, 3.05) is 47.1 Å². The highest BCUT2D eigenvalue weighted by Gasteiger charge is 2.45. The minimum Gasteiger partial charge on any atom is -0.506 e. The van der Waals surface area contributed by atoms with Gasteiger partial charge in [0, 0.05) is 116 Å². The molecule has 2 saturated carbocycles. The third-order valence-corrected chi connectivity index (χ3v) is 30.3. The number of hydrogen-bond donors (Lipinski definition) is 12. The molecule has 25 rings (SSSR count). The van der Waals surface area contributed by atoms with E-state index in [4.69, 9.17) is 14.7 Å². The van der Waals surface area contributed by atoms with Gasteiger partial charge in [-0.3, -0.25) is 14.4 Å². The number of nitrogens with zero attached hydrogens (tertiary/aromatic N) is 3. The van der Waals surface area contributed by atoms with Gasteiger partial charge in [-0.15, -0.1) is 0 Å². The van der Waals surface area contributed by atoms with Gasteiger partial charge in [0.2, 0.25) is 17.3 Å². The van der Waals surface area contributed by atoms with Crippen molar-refractivity contribution < 1.29 is 29.7 Å². The average Bonchev–Trinajstić information content (AvgIpc) is 0.705. The smallest absolute Gasteiger partial charge is 0.427 e. The van der Waals surface area contributed by atoms with Crippen molar-refractivity contribution in [2.24, 2.45) is 14.7 Å². The van der Waals surface area contributed by atoms with E-state index in [9.17, 15) is 29.7 Å². The molecule has 5 aliphatic carbocycles.